The number of carbonyl (C=O) groups excluding carboxylic acids is 1. The molecule has 3 rings (SSSR count). The van der Waals surface area contributed by atoms with Crippen LogP contribution in [0.3, 0.4) is 0 Å². The van der Waals surface area contributed by atoms with Crippen LogP contribution in [-0.2, 0) is 19.1 Å². The van der Waals surface area contributed by atoms with E-state index in [9.17, 15) is 14.7 Å². The van der Waals surface area contributed by atoms with Gasteiger partial charge in [-0.15, -0.1) is 6.58 Å². The largest absolute Gasteiger partial charge is 0.491 e. The van der Waals surface area contributed by atoms with Crippen molar-refractivity contribution in [2.45, 2.75) is 72.0 Å². The van der Waals surface area contributed by atoms with E-state index in [0.717, 1.165) is 18.6 Å². The molecule has 0 unspecified atom stereocenters. The van der Waals surface area contributed by atoms with Gasteiger partial charge in [-0.25, -0.2) is 4.79 Å². The molecular formula is C21H30O5. The number of ether oxygens (including phenoxy) is 2. The number of hydrogen-bond donors (Lipinski definition) is 1. The van der Waals surface area contributed by atoms with E-state index < -0.39 is 22.4 Å². The fourth-order valence-corrected chi connectivity index (χ4v) is 5.53. The molecule has 0 aromatic rings. The molecule has 0 saturated heterocycles. The minimum absolute atomic E-state index is 0.0235. The van der Waals surface area contributed by atoms with Gasteiger partial charge in [-0.2, -0.15) is 0 Å². The third kappa shape index (κ3) is 2.58. The molecule has 1 aliphatic carbocycles. The molecule has 0 aromatic carbocycles. The molecule has 0 amide bonds. The smallest absolute Gasteiger partial charge is 0.337 e. The summed E-state index contributed by atoms with van der Waals surface area (Å²) in [5.41, 5.74) is -1.16. The van der Waals surface area contributed by atoms with E-state index in [0.29, 0.717) is 18.4 Å². The summed E-state index contributed by atoms with van der Waals surface area (Å²) in [6.07, 6.45) is 4.38. The second-order valence-electron chi connectivity index (χ2n) is 9.18. The molecule has 5 atom stereocenters. The van der Waals surface area contributed by atoms with Gasteiger partial charge in [-0.1, -0.05) is 13.0 Å². The highest BCUT2D eigenvalue weighted by Crippen LogP contribution is 2.61. The lowest BCUT2D eigenvalue weighted by molar-refractivity contribution is -0.180. The van der Waals surface area contributed by atoms with Crippen molar-refractivity contribution >= 4 is 11.9 Å². The van der Waals surface area contributed by atoms with Gasteiger partial charge in [0.2, 0.25) is 0 Å². The molecule has 2 aliphatic heterocycles. The van der Waals surface area contributed by atoms with Gasteiger partial charge in [0.05, 0.1) is 11.0 Å². The Bertz CT molecular complexity index is 691. The number of carboxylic acids is 1. The molecule has 26 heavy (non-hydrogen) atoms. The predicted molar refractivity (Wildman–Crippen MR) is 97.2 cm³/mol. The number of aliphatic carboxylic acids is 1. The quantitative estimate of drug-likeness (QED) is 0.605. The minimum atomic E-state index is -0.888. The van der Waals surface area contributed by atoms with Crippen LogP contribution in [-0.4, -0.2) is 28.8 Å². The molecule has 5 heteroatoms. The van der Waals surface area contributed by atoms with Gasteiger partial charge < -0.3 is 14.6 Å². The summed E-state index contributed by atoms with van der Waals surface area (Å²) < 4.78 is 11.8. The van der Waals surface area contributed by atoms with Crippen LogP contribution >= 0.6 is 0 Å². The second-order valence-corrected chi connectivity index (χ2v) is 9.18. The van der Waals surface area contributed by atoms with Crippen molar-refractivity contribution in [2.75, 3.05) is 0 Å². The van der Waals surface area contributed by atoms with Crippen molar-refractivity contribution in [3.8, 4) is 0 Å². The molecule has 1 N–H and O–H groups in total. The van der Waals surface area contributed by atoms with Crippen molar-refractivity contribution in [1.82, 2.24) is 0 Å². The van der Waals surface area contributed by atoms with Crippen molar-refractivity contribution in [3.05, 3.63) is 24.0 Å². The Morgan fingerprint density at radius 2 is 2.00 bits per heavy atom. The predicted octanol–water partition coefficient (Wildman–Crippen LogP) is 4.08. The Hall–Kier alpha value is -1.78. The average molecular weight is 362 g/mol. The Labute approximate surface area is 155 Å². The molecule has 2 heterocycles. The first kappa shape index (κ1) is 19.0. The van der Waals surface area contributed by atoms with Crippen molar-refractivity contribution in [1.29, 1.82) is 0 Å². The van der Waals surface area contributed by atoms with E-state index in [1.165, 1.54) is 0 Å². The number of carboxylic acid groups (broad SMARTS) is 1. The van der Waals surface area contributed by atoms with Crippen molar-refractivity contribution in [2.24, 2.45) is 22.7 Å². The van der Waals surface area contributed by atoms with Crippen molar-refractivity contribution < 1.29 is 24.2 Å². The van der Waals surface area contributed by atoms with E-state index in [1.54, 1.807) is 13.8 Å². The first-order chi connectivity index (χ1) is 12.0. The van der Waals surface area contributed by atoms with Gasteiger partial charge in [0.15, 0.2) is 0 Å². The number of fused-ring (bicyclic) bond motifs is 1. The third-order valence-electron chi connectivity index (χ3n) is 7.16. The molecule has 144 valence electrons. The van der Waals surface area contributed by atoms with Gasteiger partial charge in [0.25, 0.3) is 0 Å². The highest BCUT2D eigenvalue weighted by molar-refractivity contribution is 5.90. The van der Waals surface area contributed by atoms with Crippen LogP contribution in [0.2, 0.25) is 0 Å². The van der Waals surface area contributed by atoms with Gasteiger partial charge >= 0.3 is 11.9 Å². The molecule has 1 saturated carbocycles. The first-order valence-corrected chi connectivity index (χ1v) is 9.44. The zero-order chi connectivity index (χ0) is 19.5. The van der Waals surface area contributed by atoms with E-state index >= 15 is 0 Å². The number of rotatable bonds is 3. The maximum atomic E-state index is 12.4. The second kappa shape index (κ2) is 5.86. The summed E-state index contributed by atoms with van der Waals surface area (Å²) in [6.45, 7) is 13.7. The third-order valence-corrected chi connectivity index (χ3v) is 7.16. The Morgan fingerprint density at radius 3 is 2.58 bits per heavy atom. The summed E-state index contributed by atoms with van der Waals surface area (Å²) in [7, 11) is 0. The van der Waals surface area contributed by atoms with E-state index in [2.05, 4.69) is 20.4 Å². The molecule has 0 radical (unpaired) electrons. The van der Waals surface area contributed by atoms with Crippen LogP contribution in [0.25, 0.3) is 0 Å². The highest BCUT2D eigenvalue weighted by atomic mass is 16.6. The number of carbonyl (C=O) groups is 2. The lowest BCUT2D eigenvalue weighted by atomic mass is 9.48. The summed E-state index contributed by atoms with van der Waals surface area (Å²) >= 11 is 0. The van der Waals surface area contributed by atoms with Crippen LogP contribution in [0.15, 0.2) is 24.0 Å². The molecule has 0 aromatic heterocycles. The zero-order valence-electron chi connectivity index (χ0n) is 16.4. The average Bonchev–Trinajstić information content (AvgIpc) is 2.52. The summed E-state index contributed by atoms with van der Waals surface area (Å²) in [6, 6.07) is 0. The van der Waals surface area contributed by atoms with Crippen LogP contribution in [0.5, 0.6) is 0 Å². The fraction of sp³-hybridized carbons (Fsp3) is 0.714. The normalized spacial score (nSPS) is 40.0. The lowest BCUT2D eigenvalue weighted by Crippen LogP contribution is -2.59. The number of esters is 1. The Morgan fingerprint density at radius 1 is 1.35 bits per heavy atom. The van der Waals surface area contributed by atoms with Gasteiger partial charge in [0.1, 0.15) is 17.5 Å². The van der Waals surface area contributed by atoms with E-state index in [1.807, 2.05) is 13.0 Å². The maximum Gasteiger partial charge on any atom is 0.337 e. The maximum absolute atomic E-state index is 12.4. The molecule has 3 aliphatic rings. The van der Waals surface area contributed by atoms with E-state index in [-0.39, 0.29) is 23.9 Å². The lowest BCUT2D eigenvalue weighted by Gasteiger charge is -2.59. The van der Waals surface area contributed by atoms with E-state index in [4.69, 9.17) is 9.47 Å². The summed E-state index contributed by atoms with van der Waals surface area (Å²) in [4.78, 5) is 24.4. The highest BCUT2D eigenvalue weighted by Gasteiger charge is 2.61. The van der Waals surface area contributed by atoms with Crippen LogP contribution < -0.4 is 0 Å². The Kier molecular flexibility index (Phi) is 4.28. The SMILES string of the molecule is C=C[C@]1(C)[C@@H](C(C)(C)C(=O)O)CC[C@]2(C)OC3=C(C[C@@H]12)C(=O)O[C@@H](C)C3. The zero-order valence-corrected chi connectivity index (χ0v) is 16.4. The van der Waals surface area contributed by atoms with Crippen LogP contribution in [0, 0.1) is 22.7 Å². The molecule has 1 fully saturated rings. The molecular weight excluding hydrogens is 332 g/mol. The first-order valence-electron chi connectivity index (χ1n) is 9.44. The molecule has 0 bridgehead atoms. The number of allylic oxidation sites excluding steroid dienone is 1. The fourth-order valence-electron chi connectivity index (χ4n) is 5.53. The summed E-state index contributed by atoms with van der Waals surface area (Å²) in [5.74, 6) is -0.458. The topological polar surface area (TPSA) is 72.8 Å². The summed E-state index contributed by atoms with van der Waals surface area (Å²) in [5, 5.41) is 9.79. The number of hydrogen-bond acceptors (Lipinski definition) is 4. The molecule has 0 spiro atoms. The van der Waals surface area contributed by atoms with Gasteiger partial charge in [-0.3, -0.25) is 4.79 Å². The van der Waals surface area contributed by atoms with Gasteiger partial charge in [0, 0.05) is 12.3 Å². The standard InChI is InChI=1S/C21H30O5/c1-7-20(5)15(19(3,4)18(23)24)8-9-21(6)16(20)11-13-14(26-21)10-12(2)25-17(13)22/h7,12,15-16H,1,8-11H2,2-6H3,(H,23,24)/t12-,15+,16-,20+,21-/m0/s1. The monoisotopic (exact) mass is 362 g/mol. The minimum Gasteiger partial charge on any atom is -0.491 e. The van der Waals surface area contributed by atoms with Crippen molar-refractivity contribution in [3.63, 3.8) is 0 Å². The van der Waals surface area contributed by atoms with Crippen LogP contribution in [0.4, 0.5) is 0 Å². The molecule has 5 nitrogen and oxygen atoms in total. The number of cyclic esters (lactones) is 1. The Balaban J connectivity index is 2.05. The van der Waals surface area contributed by atoms with Gasteiger partial charge in [-0.05, 0) is 58.3 Å². The van der Waals surface area contributed by atoms with Crippen LogP contribution in [0.1, 0.15) is 60.3 Å².